The van der Waals surface area contributed by atoms with Gasteiger partial charge in [0.05, 0.1) is 11.1 Å². The summed E-state index contributed by atoms with van der Waals surface area (Å²) in [5.41, 5.74) is 0.727. The maximum atomic E-state index is 10.9. The molecule has 1 heterocycles. The Kier molecular flexibility index (Phi) is 6.70. The van der Waals surface area contributed by atoms with Crippen LogP contribution in [0.5, 0.6) is 0 Å². The number of oxazole rings is 1. The molecule has 2 aromatic rings. The SMILES string of the molecule is CC(C)CN(CCc1ncc(-c2cccc([N+](=O)[O-])c2)o1)CC(C)C. The van der Waals surface area contributed by atoms with Crippen molar-refractivity contribution in [3.8, 4) is 11.3 Å². The van der Waals surface area contributed by atoms with Crippen molar-refractivity contribution in [3.05, 3.63) is 46.5 Å². The Hall–Kier alpha value is -2.21. The third kappa shape index (κ3) is 5.98. The summed E-state index contributed by atoms with van der Waals surface area (Å²) in [5, 5.41) is 10.9. The first-order chi connectivity index (χ1) is 11.8. The van der Waals surface area contributed by atoms with Gasteiger partial charge in [-0.3, -0.25) is 10.1 Å². The summed E-state index contributed by atoms with van der Waals surface area (Å²) in [5.74, 6) is 2.46. The molecule has 0 fully saturated rings. The highest BCUT2D eigenvalue weighted by Gasteiger charge is 2.14. The number of nitro benzene ring substituents is 1. The van der Waals surface area contributed by atoms with Gasteiger partial charge in [-0.05, 0) is 11.8 Å². The molecular weight excluding hydrogens is 318 g/mol. The Balaban J connectivity index is 2.03. The average Bonchev–Trinajstić information content (AvgIpc) is 3.00. The van der Waals surface area contributed by atoms with Crippen molar-refractivity contribution in [2.75, 3.05) is 19.6 Å². The van der Waals surface area contributed by atoms with E-state index in [1.165, 1.54) is 12.1 Å². The number of aromatic nitrogens is 1. The molecule has 0 N–H and O–H groups in total. The van der Waals surface area contributed by atoms with E-state index >= 15 is 0 Å². The molecule has 0 radical (unpaired) electrons. The summed E-state index contributed by atoms with van der Waals surface area (Å²) in [6.07, 6.45) is 2.37. The van der Waals surface area contributed by atoms with Crippen LogP contribution in [-0.4, -0.2) is 34.4 Å². The average molecular weight is 345 g/mol. The van der Waals surface area contributed by atoms with E-state index in [-0.39, 0.29) is 5.69 Å². The summed E-state index contributed by atoms with van der Waals surface area (Å²) in [6.45, 7) is 11.9. The second-order valence-corrected chi connectivity index (χ2v) is 7.22. The largest absolute Gasteiger partial charge is 0.441 e. The summed E-state index contributed by atoms with van der Waals surface area (Å²) >= 11 is 0. The molecule has 6 nitrogen and oxygen atoms in total. The smallest absolute Gasteiger partial charge is 0.270 e. The molecule has 0 saturated heterocycles. The minimum atomic E-state index is -0.406. The lowest BCUT2D eigenvalue weighted by Gasteiger charge is -2.25. The molecule has 6 heteroatoms. The van der Waals surface area contributed by atoms with Gasteiger partial charge in [0.2, 0.25) is 0 Å². The molecule has 0 aliphatic carbocycles. The Morgan fingerprint density at radius 2 is 1.88 bits per heavy atom. The van der Waals surface area contributed by atoms with Crippen LogP contribution in [0.1, 0.15) is 33.6 Å². The quantitative estimate of drug-likeness (QED) is 0.497. The first kappa shape index (κ1) is 19.1. The maximum Gasteiger partial charge on any atom is 0.270 e. The fourth-order valence-electron chi connectivity index (χ4n) is 2.88. The number of nitrogens with zero attached hydrogens (tertiary/aromatic N) is 3. The van der Waals surface area contributed by atoms with E-state index in [1.54, 1.807) is 18.3 Å². The van der Waals surface area contributed by atoms with Crippen molar-refractivity contribution in [3.63, 3.8) is 0 Å². The molecule has 25 heavy (non-hydrogen) atoms. The molecule has 0 aliphatic rings. The van der Waals surface area contributed by atoms with Gasteiger partial charge < -0.3 is 9.32 Å². The van der Waals surface area contributed by atoms with Crippen LogP contribution >= 0.6 is 0 Å². The topological polar surface area (TPSA) is 72.4 Å². The molecule has 0 spiro atoms. The van der Waals surface area contributed by atoms with Crippen LogP contribution in [0.2, 0.25) is 0 Å². The van der Waals surface area contributed by atoms with E-state index in [0.29, 0.717) is 29.1 Å². The van der Waals surface area contributed by atoms with Gasteiger partial charge in [-0.25, -0.2) is 4.98 Å². The number of nitro groups is 1. The number of rotatable bonds is 9. The van der Waals surface area contributed by atoms with Crippen LogP contribution in [0.15, 0.2) is 34.9 Å². The van der Waals surface area contributed by atoms with Crippen molar-refractivity contribution in [1.82, 2.24) is 9.88 Å². The van der Waals surface area contributed by atoms with Crippen molar-refractivity contribution in [1.29, 1.82) is 0 Å². The van der Waals surface area contributed by atoms with Crippen LogP contribution in [-0.2, 0) is 6.42 Å². The number of benzene rings is 1. The third-order valence-corrected chi connectivity index (χ3v) is 3.78. The summed E-state index contributed by atoms with van der Waals surface area (Å²) in [4.78, 5) is 17.3. The molecule has 1 aromatic heterocycles. The van der Waals surface area contributed by atoms with Gasteiger partial charge in [0.25, 0.3) is 5.69 Å². The van der Waals surface area contributed by atoms with Gasteiger partial charge in [-0.2, -0.15) is 0 Å². The van der Waals surface area contributed by atoms with Gasteiger partial charge in [0.15, 0.2) is 11.7 Å². The second kappa shape index (κ2) is 8.76. The van der Waals surface area contributed by atoms with E-state index < -0.39 is 4.92 Å². The zero-order chi connectivity index (χ0) is 18.4. The molecule has 0 saturated carbocycles. The van der Waals surface area contributed by atoms with Gasteiger partial charge in [-0.1, -0.05) is 39.8 Å². The van der Waals surface area contributed by atoms with E-state index in [9.17, 15) is 10.1 Å². The standard InChI is InChI=1S/C19H27N3O3/c1-14(2)12-21(13-15(3)4)9-8-19-20-11-18(25-19)16-6-5-7-17(10-16)22(23)24/h5-7,10-11,14-15H,8-9,12-13H2,1-4H3. The van der Waals surface area contributed by atoms with Gasteiger partial charge in [0.1, 0.15) is 0 Å². The molecule has 2 rings (SSSR count). The minimum absolute atomic E-state index is 0.0514. The molecule has 136 valence electrons. The van der Waals surface area contributed by atoms with Gasteiger partial charge in [0, 0.05) is 43.8 Å². The highest BCUT2D eigenvalue weighted by atomic mass is 16.6. The molecule has 0 unspecified atom stereocenters. The molecule has 0 amide bonds. The van der Waals surface area contributed by atoms with Crippen LogP contribution < -0.4 is 0 Å². The van der Waals surface area contributed by atoms with Crippen molar-refractivity contribution in [2.24, 2.45) is 11.8 Å². The van der Waals surface area contributed by atoms with Crippen molar-refractivity contribution in [2.45, 2.75) is 34.1 Å². The molecule has 1 aromatic carbocycles. The Morgan fingerprint density at radius 1 is 1.20 bits per heavy atom. The highest BCUT2D eigenvalue weighted by molar-refractivity contribution is 5.60. The molecular formula is C19H27N3O3. The molecule has 0 bridgehead atoms. The first-order valence-electron chi connectivity index (χ1n) is 8.77. The fraction of sp³-hybridized carbons (Fsp3) is 0.526. The minimum Gasteiger partial charge on any atom is -0.441 e. The second-order valence-electron chi connectivity index (χ2n) is 7.22. The fourth-order valence-corrected chi connectivity index (χ4v) is 2.88. The normalized spacial score (nSPS) is 11.6. The number of hydrogen-bond acceptors (Lipinski definition) is 5. The zero-order valence-electron chi connectivity index (χ0n) is 15.4. The number of hydrogen-bond donors (Lipinski definition) is 0. The number of non-ortho nitro benzene ring substituents is 1. The van der Waals surface area contributed by atoms with E-state index in [1.807, 2.05) is 0 Å². The van der Waals surface area contributed by atoms with Gasteiger partial charge >= 0.3 is 0 Å². The van der Waals surface area contributed by atoms with Crippen molar-refractivity contribution >= 4 is 5.69 Å². The van der Waals surface area contributed by atoms with Gasteiger partial charge in [-0.15, -0.1) is 0 Å². The lowest BCUT2D eigenvalue weighted by atomic mass is 10.1. The maximum absolute atomic E-state index is 10.9. The molecule has 0 aliphatic heterocycles. The molecule has 0 atom stereocenters. The first-order valence-corrected chi connectivity index (χ1v) is 8.77. The third-order valence-electron chi connectivity index (χ3n) is 3.78. The van der Waals surface area contributed by atoms with E-state index in [0.717, 1.165) is 26.1 Å². The summed E-state index contributed by atoms with van der Waals surface area (Å²) in [6, 6.07) is 6.43. The van der Waals surface area contributed by atoms with Crippen LogP contribution in [0.25, 0.3) is 11.3 Å². The predicted octanol–water partition coefficient (Wildman–Crippen LogP) is 4.41. The Bertz CT molecular complexity index is 685. The zero-order valence-corrected chi connectivity index (χ0v) is 15.4. The lowest BCUT2D eigenvalue weighted by Crippen LogP contribution is -2.33. The van der Waals surface area contributed by atoms with Crippen molar-refractivity contribution < 1.29 is 9.34 Å². The Morgan fingerprint density at radius 3 is 2.48 bits per heavy atom. The lowest BCUT2D eigenvalue weighted by molar-refractivity contribution is -0.384. The van der Waals surface area contributed by atoms with Crippen LogP contribution in [0, 0.1) is 22.0 Å². The summed E-state index contributed by atoms with van der Waals surface area (Å²) in [7, 11) is 0. The summed E-state index contributed by atoms with van der Waals surface area (Å²) < 4.78 is 5.80. The predicted molar refractivity (Wildman–Crippen MR) is 98.4 cm³/mol. The van der Waals surface area contributed by atoms with E-state index in [4.69, 9.17) is 4.42 Å². The monoisotopic (exact) mass is 345 g/mol. The highest BCUT2D eigenvalue weighted by Crippen LogP contribution is 2.24. The Labute approximate surface area is 149 Å². The van der Waals surface area contributed by atoms with Crippen LogP contribution in [0.4, 0.5) is 5.69 Å². The van der Waals surface area contributed by atoms with E-state index in [2.05, 4.69) is 37.6 Å². The van der Waals surface area contributed by atoms with Crippen LogP contribution in [0.3, 0.4) is 0 Å².